The molecular weight excluding hydrogens is 269 g/mol. The minimum absolute atomic E-state index is 0.196. The Morgan fingerprint density at radius 3 is 2.62 bits per heavy atom. The first-order valence-corrected chi connectivity index (χ1v) is 6.32. The monoisotopic (exact) mass is 287 g/mol. The Hall–Kier alpha value is -0.410. The van der Waals surface area contributed by atoms with Gasteiger partial charge in [0.05, 0.1) is 4.47 Å². The molecule has 0 aliphatic heterocycles. The summed E-state index contributed by atoms with van der Waals surface area (Å²) in [5.41, 5.74) is 1.45. The van der Waals surface area contributed by atoms with Crippen LogP contribution >= 0.6 is 15.9 Å². The van der Waals surface area contributed by atoms with Gasteiger partial charge in [-0.15, -0.1) is 0 Å². The van der Waals surface area contributed by atoms with Crippen LogP contribution in [0.5, 0.6) is 0 Å². The number of benzene rings is 1. The van der Waals surface area contributed by atoms with Gasteiger partial charge >= 0.3 is 0 Å². The average Bonchev–Trinajstić information content (AvgIpc) is 2.20. The first kappa shape index (κ1) is 13.7. The number of aryl methyl sites for hydroxylation is 1. The topological polar surface area (TPSA) is 12.0 Å². The van der Waals surface area contributed by atoms with Gasteiger partial charge in [-0.25, -0.2) is 4.39 Å². The molecule has 0 atom stereocenters. The summed E-state index contributed by atoms with van der Waals surface area (Å²) in [5, 5.41) is 3.20. The van der Waals surface area contributed by atoms with Crippen LogP contribution in [0.4, 0.5) is 4.39 Å². The molecule has 0 fully saturated rings. The summed E-state index contributed by atoms with van der Waals surface area (Å²) in [6.45, 7) is 5.47. The van der Waals surface area contributed by atoms with Gasteiger partial charge in [0.25, 0.3) is 0 Å². The van der Waals surface area contributed by atoms with Crippen LogP contribution in [-0.4, -0.2) is 13.6 Å². The van der Waals surface area contributed by atoms with Crippen molar-refractivity contribution in [3.63, 3.8) is 0 Å². The molecule has 3 heteroatoms. The van der Waals surface area contributed by atoms with E-state index in [4.69, 9.17) is 0 Å². The summed E-state index contributed by atoms with van der Waals surface area (Å²) in [5.74, 6) is -0.196. The van der Waals surface area contributed by atoms with Crippen LogP contribution in [0, 0.1) is 11.2 Å². The lowest BCUT2D eigenvalue weighted by atomic mass is 9.86. The minimum Gasteiger partial charge on any atom is -0.319 e. The van der Waals surface area contributed by atoms with Crippen LogP contribution in [0.15, 0.2) is 22.7 Å². The Labute approximate surface area is 106 Å². The summed E-state index contributed by atoms with van der Waals surface area (Å²) in [6.07, 6.45) is 2.07. The van der Waals surface area contributed by atoms with E-state index in [-0.39, 0.29) is 11.2 Å². The van der Waals surface area contributed by atoms with Gasteiger partial charge in [0.15, 0.2) is 0 Å². The van der Waals surface area contributed by atoms with Crippen LogP contribution in [-0.2, 0) is 6.42 Å². The Morgan fingerprint density at radius 2 is 2.06 bits per heavy atom. The third-order valence-corrected chi connectivity index (χ3v) is 3.34. The van der Waals surface area contributed by atoms with Crippen molar-refractivity contribution in [1.29, 1.82) is 0 Å². The van der Waals surface area contributed by atoms with E-state index in [2.05, 4.69) is 35.1 Å². The molecule has 0 bridgehead atoms. The highest BCUT2D eigenvalue weighted by Crippen LogP contribution is 2.24. The van der Waals surface area contributed by atoms with Crippen molar-refractivity contribution in [3.8, 4) is 0 Å². The third-order valence-electron chi connectivity index (χ3n) is 2.73. The second-order valence-electron chi connectivity index (χ2n) is 4.94. The first-order chi connectivity index (χ1) is 7.44. The highest BCUT2D eigenvalue weighted by atomic mass is 79.9. The number of hydrogen-bond acceptors (Lipinski definition) is 1. The average molecular weight is 288 g/mol. The molecule has 0 saturated carbocycles. The minimum atomic E-state index is -0.196. The smallest absolute Gasteiger partial charge is 0.137 e. The predicted octanol–water partition coefficient (Wildman–Crippen LogP) is 3.77. The summed E-state index contributed by atoms with van der Waals surface area (Å²) >= 11 is 3.21. The zero-order valence-corrected chi connectivity index (χ0v) is 11.7. The van der Waals surface area contributed by atoms with Crippen LogP contribution < -0.4 is 5.32 Å². The van der Waals surface area contributed by atoms with E-state index in [1.54, 1.807) is 0 Å². The lowest BCUT2D eigenvalue weighted by Gasteiger charge is -2.24. The van der Waals surface area contributed by atoms with Crippen molar-refractivity contribution in [3.05, 3.63) is 34.1 Å². The molecule has 1 aromatic rings. The maximum absolute atomic E-state index is 13.0. The van der Waals surface area contributed by atoms with E-state index in [1.165, 1.54) is 11.6 Å². The Kier molecular flexibility index (Phi) is 4.93. The molecule has 16 heavy (non-hydrogen) atoms. The molecule has 0 saturated heterocycles. The fraction of sp³-hybridized carbons (Fsp3) is 0.538. The molecule has 0 aliphatic carbocycles. The van der Waals surface area contributed by atoms with Crippen LogP contribution in [0.25, 0.3) is 0 Å². The molecule has 90 valence electrons. The number of rotatable bonds is 5. The zero-order chi connectivity index (χ0) is 12.2. The molecule has 0 heterocycles. The largest absolute Gasteiger partial charge is 0.319 e. The van der Waals surface area contributed by atoms with Gasteiger partial charge < -0.3 is 5.32 Å². The molecular formula is C13H19BrFN. The van der Waals surface area contributed by atoms with Gasteiger partial charge in [0.2, 0.25) is 0 Å². The lowest BCUT2D eigenvalue weighted by molar-refractivity contribution is 0.324. The van der Waals surface area contributed by atoms with Crippen molar-refractivity contribution in [2.45, 2.75) is 26.7 Å². The molecule has 1 nitrogen and oxygen atoms in total. The van der Waals surface area contributed by atoms with E-state index in [9.17, 15) is 4.39 Å². The van der Waals surface area contributed by atoms with E-state index >= 15 is 0 Å². The molecule has 0 amide bonds. The SMILES string of the molecule is CNCC(C)(C)CCc1ccc(F)c(Br)c1. The van der Waals surface area contributed by atoms with Crippen LogP contribution in [0.1, 0.15) is 25.8 Å². The Bertz CT molecular complexity index is 350. The predicted molar refractivity (Wildman–Crippen MR) is 70.1 cm³/mol. The maximum atomic E-state index is 13.0. The molecule has 0 aromatic heterocycles. The van der Waals surface area contributed by atoms with Gasteiger partial charge in [0, 0.05) is 0 Å². The fourth-order valence-corrected chi connectivity index (χ4v) is 2.17. The highest BCUT2D eigenvalue weighted by molar-refractivity contribution is 9.10. The van der Waals surface area contributed by atoms with Gasteiger partial charge in [-0.2, -0.15) is 0 Å². The fourth-order valence-electron chi connectivity index (χ4n) is 1.74. The summed E-state index contributed by atoms with van der Waals surface area (Å²) in [7, 11) is 1.97. The second-order valence-corrected chi connectivity index (χ2v) is 5.80. The third kappa shape index (κ3) is 4.22. The standard InChI is InChI=1S/C13H19BrFN/c1-13(2,9-16-3)7-6-10-4-5-12(15)11(14)8-10/h4-5,8,16H,6-7,9H2,1-3H3. The zero-order valence-electron chi connectivity index (χ0n) is 10.1. The van der Waals surface area contributed by atoms with Crippen LogP contribution in [0.2, 0.25) is 0 Å². The molecule has 0 spiro atoms. The van der Waals surface area contributed by atoms with Gasteiger partial charge in [-0.1, -0.05) is 19.9 Å². The maximum Gasteiger partial charge on any atom is 0.137 e. The van der Waals surface area contributed by atoms with Crippen molar-refractivity contribution in [2.75, 3.05) is 13.6 Å². The summed E-state index contributed by atoms with van der Waals surface area (Å²) in [6, 6.07) is 5.24. The molecule has 0 unspecified atom stereocenters. The quantitative estimate of drug-likeness (QED) is 0.869. The van der Waals surface area contributed by atoms with Crippen LogP contribution in [0.3, 0.4) is 0 Å². The Morgan fingerprint density at radius 1 is 1.38 bits per heavy atom. The van der Waals surface area contributed by atoms with Crippen molar-refractivity contribution >= 4 is 15.9 Å². The molecule has 0 radical (unpaired) electrons. The van der Waals surface area contributed by atoms with Gasteiger partial charge in [0.1, 0.15) is 5.82 Å². The number of nitrogens with one attached hydrogen (secondary N) is 1. The summed E-state index contributed by atoms with van der Waals surface area (Å²) < 4.78 is 13.6. The normalized spacial score (nSPS) is 11.8. The molecule has 0 aliphatic rings. The number of hydrogen-bond donors (Lipinski definition) is 1. The van der Waals surface area contributed by atoms with Gasteiger partial charge in [-0.05, 0) is 65.5 Å². The van der Waals surface area contributed by atoms with E-state index in [1.807, 2.05) is 19.2 Å². The second kappa shape index (κ2) is 5.78. The van der Waals surface area contributed by atoms with E-state index in [0.717, 1.165) is 19.4 Å². The van der Waals surface area contributed by atoms with Crippen molar-refractivity contribution < 1.29 is 4.39 Å². The molecule has 1 N–H and O–H groups in total. The van der Waals surface area contributed by atoms with E-state index in [0.29, 0.717) is 4.47 Å². The molecule has 1 rings (SSSR count). The van der Waals surface area contributed by atoms with Gasteiger partial charge in [-0.3, -0.25) is 0 Å². The highest BCUT2D eigenvalue weighted by Gasteiger charge is 2.16. The summed E-state index contributed by atoms with van der Waals surface area (Å²) in [4.78, 5) is 0. The Balaban J connectivity index is 2.57. The number of halogens is 2. The van der Waals surface area contributed by atoms with E-state index < -0.39 is 0 Å². The van der Waals surface area contributed by atoms with Crippen molar-refractivity contribution in [1.82, 2.24) is 5.32 Å². The molecule has 1 aromatic carbocycles. The lowest BCUT2D eigenvalue weighted by Crippen LogP contribution is -2.27. The van der Waals surface area contributed by atoms with Crippen molar-refractivity contribution in [2.24, 2.45) is 5.41 Å². The first-order valence-electron chi connectivity index (χ1n) is 5.53.